The molecule has 0 saturated heterocycles. The van der Waals surface area contributed by atoms with Crippen molar-refractivity contribution in [1.29, 1.82) is 0 Å². The van der Waals surface area contributed by atoms with Gasteiger partial charge in [0.1, 0.15) is 6.04 Å². The van der Waals surface area contributed by atoms with Crippen molar-refractivity contribution >= 4 is 45.5 Å². The summed E-state index contributed by atoms with van der Waals surface area (Å²) in [6.45, 7) is 3.91. The highest BCUT2D eigenvalue weighted by Gasteiger charge is 2.42. The number of hydrogen-bond acceptors (Lipinski definition) is 5. The van der Waals surface area contributed by atoms with E-state index in [1.807, 2.05) is 38.1 Å². The fourth-order valence-electron chi connectivity index (χ4n) is 4.19. The van der Waals surface area contributed by atoms with Gasteiger partial charge in [0, 0.05) is 5.69 Å². The van der Waals surface area contributed by atoms with Gasteiger partial charge in [-0.2, -0.15) is 0 Å². The summed E-state index contributed by atoms with van der Waals surface area (Å²) in [6.07, 6.45) is 0.356. The quantitative estimate of drug-likeness (QED) is 0.368. The molecule has 0 saturated carbocycles. The minimum absolute atomic E-state index is 0.0962. The molecule has 1 aliphatic heterocycles. The number of amides is 3. The monoisotopic (exact) mass is 438 g/mol. The number of nitrogens with one attached hydrogen (secondary N) is 1. The lowest BCUT2D eigenvalue weighted by molar-refractivity contribution is -0.120. The van der Waals surface area contributed by atoms with Crippen LogP contribution in [0.25, 0.3) is 22.1 Å². The summed E-state index contributed by atoms with van der Waals surface area (Å²) in [5.74, 6) is -1.19. The van der Waals surface area contributed by atoms with Crippen LogP contribution in [0.15, 0.2) is 66.7 Å². The summed E-state index contributed by atoms with van der Waals surface area (Å²) >= 11 is 0. The van der Waals surface area contributed by atoms with E-state index in [1.165, 1.54) is 0 Å². The first kappa shape index (κ1) is 20.8. The fraction of sp³-hybridized carbons (Fsp3) is 0.192. The molecule has 3 amide bonds. The van der Waals surface area contributed by atoms with Gasteiger partial charge in [0.25, 0.3) is 11.8 Å². The molecule has 0 radical (unpaired) electrons. The maximum atomic E-state index is 13.3. The van der Waals surface area contributed by atoms with Crippen LogP contribution in [0, 0.1) is 5.92 Å². The number of para-hydroxylation sites is 2. The van der Waals surface area contributed by atoms with Crippen molar-refractivity contribution in [2.24, 2.45) is 5.92 Å². The van der Waals surface area contributed by atoms with Crippen LogP contribution in [0.4, 0.5) is 5.69 Å². The molecular formula is C26H22N4O3. The van der Waals surface area contributed by atoms with Gasteiger partial charge in [-0.3, -0.25) is 19.3 Å². The molecule has 0 aliphatic carbocycles. The fourth-order valence-corrected chi connectivity index (χ4v) is 4.19. The van der Waals surface area contributed by atoms with Gasteiger partial charge in [0.15, 0.2) is 0 Å². The Labute approximate surface area is 190 Å². The third-order valence-electron chi connectivity index (χ3n) is 5.74. The maximum Gasteiger partial charge on any atom is 0.262 e. The van der Waals surface area contributed by atoms with Gasteiger partial charge in [-0.15, -0.1) is 0 Å². The third-order valence-corrected chi connectivity index (χ3v) is 5.74. The van der Waals surface area contributed by atoms with Crippen molar-refractivity contribution in [3.63, 3.8) is 0 Å². The van der Waals surface area contributed by atoms with E-state index in [0.29, 0.717) is 34.3 Å². The Hall–Kier alpha value is -4.13. The van der Waals surface area contributed by atoms with E-state index in [0.717, 1.165) is 15.9 Å². The Kier molecular flexibility index (Phi) is 5.09. The van der Waals surface area contributed by atoms with Crippen LogP contribution in [-0.4, -0.2) is 38.6 Å². The van der Waals surface area contributed by atoms with Crippen LogP contribution < -0.4 is 5.32 Å². The lowest BCUT2D eigenvalue weighted by atomic mass is 10.0. The van der Waals surface area contributed by atoms with E-state index in [2.05, 4.69) is 15.3 Å². The van der Waals surface area contributed by atoms with Gasteiger partial charge in [-0.1, -0.05) is 38.1 Å². The largest absolute Gasteiger partial charge is 0.324 e. The predicted octanol–water partition coefficient (Wildman–Crippen LogP) is 4.43. The van der Waals surface area contributed by atoms with Crippen molar-refractivity contribution in [2.75, 3.05) is 5.32 Å². The maximum absolute atomic E-state index is 13.3. The summed E-state index contributed by atoms with van der Waals surface area (Å²) in [5, 5.41) is 2.88. The molecule has 164 valence electrons. The summed E-state index contributed by atoms with van der Waals surface area (Å²) in [4.78, 5) is 49.7. The highest BCUT2D eigenvalue weighted by molar-refractivity contribution is 6.23. The molecule has 2 heterocycles. The number of anilines is 1. The lowest BCUT2D eigenvalue weighted by Gasteiger charge is -2.26. The zero-order valence-electron chi connectivity index (χ0n) is 18.3. The second kappa shape index (κ2) is 8.09. The molecule has 3 aromatic carbocycles. The van der Waals surface area contributed by atoms with Gasteiger partial charge >= 0.3 is 0 Å². The first-order valence-corrected chi connectivity index (χ1v) is 10.9. The van der Waals surface area contributed by atoms with Gasteiger partial charge < -0.3 is 5.32 Å². The number of benzene rings is 3. The Morgan fingerprint density at radius 1 is 0.818 bits per heavy atom. The number of carbonyl (C=O) groups excluding carboxylic acids is 3. The third kappa shape index (κ3) is 3.71. The molecule has 0 fully saturated rings. The molecule has 5 rings (SSSR count). The summed E-state index contributed by atoms with van der Waals surface area (Å²) in [5.41, 5.74) is 4.11. The van der Waals surface area contributed by atoms with E-state index in [-0.39, 0.29) is 5.92 Å². The number of aromatic nitrogens is 2. The van der Waals surface area contributed by atoms with Crippen molar-refractivity contribution < 1.29 is 14.4 Å². The van der Waals surface area contributed by atoms with E-state index in [9.17, 15) is 14.4 Å². The van der Waals surface area contributed by atoms with Crippen molar-refractivity contribution in [3.05, 3.63) is 77.9 Å². The van der Waals surface area contributed by atoms with Crippen LogP contribution in [0.1, 0.15) is 41.0 Å². The smallest absolute Gasteiger partial charge is 0.262 e. The molecule has 1 N–H and O–H groups in total. The van der Waals surface area contributed by atoms with Crippen molar-refractivity contribution in [2.45, 2.75) is 26.3 Å². The molecule has 0 spiro atoms. The molecule has 7 heteroatoms. The normalized spacial score (nSPS) is 14.2. The van der Waals surface area contributed by atoms with E-state index >= 15 is 0 Å². The number of imide groups is 1. The first-order valence-electron chi connectivity index (χ1n) is 10.9. The molecular weight excluding hydrogens is 416 g/mol. The predicted molar refractivity (Wildman–Crippen MR) is 126 cm³/mol. The molecule has 33 heavy (non-hydrogen) atoms. The minimum Gasteiger partial charge on any atom is -0.324 e. The van der Waals surface area contributed by atoms with Crippen LogP contribution in [0.2, 0.25) is 0 Å². The summed E-state index contributed by atoms with van der Waals surface area (Å²) < 4.78 is 0. The lowest BCUT2D eigenvalue weighted by Crippen LogP contribution is -2.47. The Bertz CT molecular complexity index is 1390. The molecule has 7 nitrogen and oxygen atoms in total. The molecule has 1 atom stereocenters. The van der Waals surface area contributed by atoms with Gasteiger partial charge in [-0.25, -0.2) is 9.97 Å². The summed E-state index contributed by atoms with van der Waals surface area (Å²) in [6, 6.07) is 18.6. The average Bonchev–Trinajstić information content (AvgIpc) is 3.06. The Balaban J connectivity index is 1.46. The standard InChI is InChI=1S/C26H22N4O3/c1-15(2)13-23(30-25(32)17-7-3-4-8-18(17)26(30)33)24(31)27-16-11-12-21-22(14-16)29-20-10-6-5-9-19(20)28-21/h3-12,14-15,23H,13H2,1-2H3,(H,27,31)/t23-/m0/s1. The summed E-state index contributed by atoms with van der Waals surface area (Å²) in [7, 11) is 0. The molecule has 1 aliphatic rings. The van der Waals surface area contributed by atoms with Gasteiger partial charge in [0.05, 0.1) is 33.2 Å². The number of carbonyl (C=O) groups is 3. The zero-order valence-corrected chi connectivity index (χ0v) is 18.3. The number of nitrogens with zero attached hydrogens (tertiary/aromatic N) is 3. The van der Waals surface area contributed by atoms with Crippen LogP contribution in [0.3, 0.4) is 0 Å². The van der Waals surface area contributed by atoms with E-state index < -0.39 is 23.8 Å². The van der Waals surface area contributed by atoms with Crippen molar-refractivity contribution in [1.82, 2.24) is 14.9 Å². The van der Waals surface area contributed by atoms with Crippen molar-refractivity contribution in [3.8, 4) is 0 Å². The SMILES string of the molecule is CC(C)C[C@@H](C(=O)Nc1ccc2nc3ccccc3nc2c1)N1C(=O)c2ccccc2C1=O. The molecule has 4 aromatic rings. The Morgan fingerprint density at radius 2 is 1.36 bits per heavy atom. The number of fused-ring (bicyclic) bond motifs is 3. The second-order valence-electron chi connectivity index (χ2n) is 8.58. The van der Waals surface area contributed by atoms with Crippen LogP contribution in [-0.2, 0) is 4.79 Å². The van der Waals surface area contributed by atoms with Crippen LogP contribution >= 0.6 is 0 Å². The molecule has 0 bridgehead atoms. The number of rotatable bonds is 5. The minimum atomic E-state index is -0.921. The number of hydrogen-bond donors (Lipinski definition) is 1. The molecule has 0 unspecified atom stereocenters. The second-order valence-corrected chi connectivity index (χ2v) is 8.58. The van der Waals surface area contributed by atoms with Gasteiger partial charge in [-0.05, 0) is 54.8 Å². The van der Waals surface area contributed by atoms with E-state index in [4.69, 9.17) is 0 Å². The topological polar surface area (TPSA) is 92.3 Å². The average molecular weight is 438 g/mol. The Morgan fingerprint density at radius 3 is 1.97 bits per heavy atom. The van der Waals surface area contributed by atoms with Gasteiger partial charge in [0.2, 0.25) is 5.91 Å². The zero-order chi connectivity index (χ0) is 23.1. The van der Waals surface area contributed by atoms with E-state index in [1.54, 1.807) is 42.5 Å². The first-order chi connectivity index (χ1) is 15.9. The molecule has 1 aromatic heterocycles. The highest BCUT2D eigenvalue weighted by atomic mass is 16.2. The van der Waals surface area contributed by atoms with Crippen LogP contribution in [0.5, 0.6) is 0 Å². The highest BCUT2D eigenvalue weighted by Crippen LogP contribution is 2.28.